The Morgan fingerprint density at radius 1 is 1.89 bits per heavy atom. The number of hydrogen-bond donors (Lipinski definition) is 0. The summed E-state index contributed by atoms with van der Waals surface area (Å²) in [6.45, 7) is 4.72. The maximum Gasteiger partial charge on any atom is 0.751 e. The van der Waals surface area contributed by atoms with Crippen molar-refractivity contribution in [2.75, 3.05) is 0 Å². The van der Waals surface area contributed by atoms with Crippen molar-refractivity contribution in [3.8, 4) is 0 Å². The van der Waals surface area contributed by atoms with Crippen LogP contribution in [0.3, 0.4) is 0 Å². The van der Waals surface area contributed by atoms with E-state index >= 15 is 0 Å². The molecular weight excluding hydrogens is 162 g/mol. The number of alkyl halides is 1. The van der Waals surface area contributed by atoms with Crippen molar-refractivity contribution in [3.63, 3.8) is 0 Å². The number of hydrogen-bond acceptors (Lipinski definition) is 3. The van der Waals surface area contributed by atoms with Gasteiger partial charge in [0.25, 0.3) is 0 Å². The van der Waals surface area contributed by atoms with Gasteiger partial charge >= 0.3 is 8.25 Å². The molecule has 0 fully saturated rings. The zero-order valence-corrected chi connectivity index (χ0v) is 6.56. The maximum atomic E-state index is 10.4. The summed E-state index contributed by atoms with van der Waals surface area (Å²) in [5.41, 5.74) is -0.603. The van der Waals surface area contributed by atoms with Gasteiger partial charge in [-0.15, -0.1) is 0 Å². The third-order valence-electron chi connectivity index (χ3n) is 0.392. The average Bonchev–Trinajstić information content (AvgIpc) is 1.63. The van der Waals surface area contributed by atoms with Crippen LogP contribution in [0, 0.1) is 0 Å². The molecule has 2 unspecified atom stereocenters. The highest BCUT2D eigenvalue weighted by Crippen LogP contribution is 2.26. The Hall–Kier alpha value is -0.110. The summed E-state index contributed by atoms with van der Waals surface area (Å²) in [5, 5.41) is 0. The molecule has 5 heteroatoms. The zero-order valence-electron chi connectivity index (χ0n) is 4.91. The van der Waals surface area contributed by atoms with E-state index in [1.54, 1.807) is 6.92 Å². The predicted molar refractivity (Wildman–Crippen MR) is 35.3 cm³/mol. The van der Waals surface area contributed by atoms with E-state index < -0.39 is 13.8 Å². The summed E-state index contributed by atoms with van der Waals surface area (Å²) < 4.78 is 19.2. The summed E-state index contributed by atoms with van der Waals surface area (Å²) >= 11 is 5.29. The van der Waals surface area contributed by atoms with Gasteiger partial charge in [0.2, 0.25) is 0 Å². The van der Waals surface area contributed by atoms with Gasteiger partial charge < -0.3 is 0 Å². The molecule has 0 aromatic heterocycles. The van der Waals surface area contributed by atoms with Crippen LogP contribution >= 0.6 is 19.9 Å². The van der Waals surface area contributed by atoms with E-state index in [-0.39, 0.29) is 0 Å². The predicted octanol–water partition coefficient (Wildman–Crippen LogP) is 2.41. The van der Waals surface area contributed by atoms with Crippen LogP contribution in [0.2, 0.25) is 0 Å². The second-order valence-electron chi connectivity index (χ2n) is 1.14. The SMILES string of the molecule is C=CO[P+](=O)OC(C)Cl. The van der Waals surface area contributed by atoms with E-state index in [1.807, 2.05) is 0 Å². The van der Waals surface area contributed by atoms with Crippen LogP contribution in [-0.4, -0.2) is 5.56 Å². The van der Waals surface area contributed by atoms with E-state index in [4.69, 9.17) is 11.6 Å². The number of halogens is 1. The fourth-order valence-electron chi connectivity index (χ4n) is 0.204. The van der Waals surface area contributed by atoms with Crippen LogP contribution in [-0.2, 0) is 13.6 Å². The Morgan fingerprint density at radius 2 is 2.44 bits per heavy atom. The lowest BCUT2D eigenvalue weighted by Crippen LogP contribution is -1.89. The van der Waals surface area contributed by atoms with E-state index in [1.165, 1.54) is 0 Å². The first-order valence-electron chi connectivity index (χ1n) is 2.22. The van der Waals surface area contributed by atoms with Gasteiger partial charge in [-0.1, -0.05) is 22.7 Å². The minimum absolute atomic E-state index is 0.603. The average molecular weight is 170 g/mol. The van der Waals surface area contributed by atoms with Gasteiger partial charge in [0.05, 0.1) is 0 Å². The molecule has 0 aliphatic rings. The molecule has 0 aliphatic carbocycles. The summed E-state index contributed by atoms with van der Waals surface area (Å²) in [4.78, 5) is 0. The van der Waals surface area contributed by atoms with Crippen LogP contribution in [0.25, 0.3) is 0 Å². The maximum absolute atomic E-state index is 10.4. The van der Waals surface area contributed by atoms with Gasteiger partial charge in [-0.3, -0.25) is 0 Å². The highest BCUT2D eigenvalue weighted by atomic mass is 35.5. The molecule has 0 saturated carbocycles. The smallest absolute Gasteiger partial charge is 0.238 e. The van der Waals surface area contributed by atoms with Crippen molar-refractivity contribution in [3.05, 3.63) is 12.8 Å². The second-order valence-corrected chi connectivity index (χ2v) is 2.63. The minimum Gasteiger partial charge on any atom is -0.238 e. The first kappa shape index (κ1) is 8.89. The number of rotatable bonds is 4. The van der Waals surface area contributed by atoms with Crippen molar-refractivity contribution in [2.45, 2.75) is 12.5 Å². The Kier molecular flexibility index (Phi) is 4.68. The van der Waals surface area contributed by atoms with Gasteiger partial charge in [-0.2, -0.15) is 0 Å². The molecule has 0 saturated heterocycles. The molecule has 0 aromatic rings. The molecule has 0 spiro atoms. The van der Waals surface area contributed by atoms with Crippen molar-refractivity contribution < 1.29 is 13.6 Å². The zero-order chi connectivity index (χ0) is 7.28. The summed E-state index contributed by atoms with van der Waals surface area (Å²) in [5.74, 6) is 0. The van der Waals surface area contributed by atoms with Gasteiger partial charge in [0.1, 0.15) is 6.26 Å². The molecule has 0 aromatic carbocycles. The van der Waals surface area contributed by atoms with Crippen LogP contribution in [0.1, 0.15) is 6.92 Å². The lowest BCUT2D eigenvalue weighted by Gasteiger charge is -1.86. The first-order valence-corrected chi connectivity index (χ1v) is 3.75. The molecule has 0 rings (SSSR count). The quantitative estimate of drug-likeness (QED) is 0.368. The van der Waals surface area contributed by atoms with Gasteiger partial charge in [-0.25, -0.2) is 4.52 Å². The Balaban J connectivity index is 3.38. The van der Waals surface area contributed by atoms with Crippen molar-refractivity contribution >= 4 is 19.9 Å². The molecule has 52 valence electrons. The highest BCUT2D eigenvalue weighted by molar-refractivity contribution is 7.33. The van der Waals surface area contributed by atoms with Gasteiger partial charge in [0.15, 0.2) is 5.56 Å². The Morgan fingerprint density at radius 3 is 2.78 bits per heavy atom. The molecule has 0 radical (unpaired) electrons. The fraction of sp³-hybridized carbons (Fsp3) is 0.500. The lowest BCUT2D eigenvalue weighted by atomic mass is 10.9. The van der Waals surface area contributed by atoms with Crippen LogP contribution in [0.15, 0.2) is 12.8 Å². The molecule has 0 heterocycles. The lowest BCUT2D eigenvalue weighted by molar-refractivity contribution is 0.260. The second kappa shape index (κ2) is 4.74. The van der Waals surface area contributed by atoms with Crippen molar-refractivity contribution in [2.24, 2.45) is 0 Å². The van der Waals surface area contributed by atoms with E-state index in [9.17, 15) is 4.57 Å². The third kappa shape index (κ3) is 5.77. The summed E-state index contributed by atoms with van der Waals surface area (Å²) in [6, 6.07) is 0. The van der Waals surface area contributed by atoms with Gasteiger partial charge in [-0.05, 0) is 6.92 Å². The topological polar surface area (TPSA) is 35.5 Å². The van der Waals surface area contributed by atoms with Crippen LogP contribution in [0.4, 0.5) is 0 Å². The molecule has 0 aliphatic heterocycles. The molecule has 3 nitrogen and oxygen atoms in total. The van der Waals surface area contributed by atoms with Gasteiger partial charge in [0, 0.05) is 4.57 Å². The van der Waals surface area contributed by atoms with Crippen molar-refractivity contribution in [1.29, 1.82) is 0 Å². The molecule has 0 bridgehead atoms. The van der Waals surface area contributed by atoms with Crippen LogP contribution in [0.5, 0.6) is 0 Å². The molecule has 9 heavy (non-hydrogen) atoms. The molecule has 0 N–H and O–H groups in total. The highest BCUT2D eigenvalue weighted by Gasteiger charge is 2.21. The van der Waals surface area contributed by atoms with Crippen molar-refractivity contribution in [1.82, 2.24) is 0 Å². The minimum atomic E-state index is -2.12. The summed E-state index contributed by atoms with van der Waals surface area (Å²) in [6.07, 6.45) is 1.04. The Bertz CT molecular complexity index is 114. The standard InChI is InChI=1S/C4H7ClO3P/c1-3-7-9(6)8-4(2)5/h3-4H,1H2,2H3/q+1. The first-order chi connectivity index (χ1) is 4.16. The molecular formula is C4H7ClO3P+. The normalized spacial score (nSPS) is 14.2. The van der Waals surface area contributed by atoms with E-state index in [0.29, 0.717) is 0 Å². The Labute approximate surface area is 59.6 Å². The van der Waals surface area contributed by atoms with E-state index in [0.717, 1.165) is 6.26 Å². The third-order valence-corrected chi connectivity index (χ3v) is 1.41. The molecule has 0 amide bonds. The largest absolute Gasteiger partial charge is 0.751 e. The van der Waals surface area contributed by atoms with E-state index in [2.05, 4.69) is 15.6 Å². The summed E-state index contributed by atoms with van der Waals surface area (Å²) in [7, 11) is -2.12. The molecule has 2 atom stereocenters. The van der Waals surface area contributed by atoms with Crippen LogP contribution < -0.4 is 0 Å². The fourth-order valence-corrected chi connectivity index (χ4v) is 0.808. The monoisotopic (exact) mass is 169 g/mol.